The fourth-order valence-electron chi connectivity index (χ4n) is 1.85. The predicted molar refractivity (Wildman–Crippen MR) is 59.2 cm³/mol. The van der Waals surface area contributed by atoms with Crippen LogP contribution in [0.5, 0.6) is 0 Å². The molecule has 0 heterocycles. The first-order valence-corrected chi connectivity index (χ1v) is 5.72. The molecule has 4 heteroatoms. The van der Waals surface area contributed by atoms with E-state index in [4.69, 9.17) is 5.73 Å². The number of nitrogens with two attached hydrogens (primary N) is 1. The number of nitrogens with one attached hydrogen (secondary N) is 1. The van der Waals surface area contributed by atoms with Crippen molar-refractivity contribution in [2.45, 2.75) is 51.2 Å². The van der Waals surface area contributed by atoms with Crippen molar-refractivity contribution in [3.8, 4) is 0 Å². The molecule has 1 saturated carbocycles. The summed E-state index contributed by atoms with van der Waals surface area (Å²) in [4.78, 5) is 11.7. The van der Waals surface area contributed by atoms with Crippen LogP contribution < -0.4 is 11.1 Å². The first-order chi connectivity index (χ1) is 6.96. The molecule has 1 fully saturated rings. The van der Waals surface area contributed by atoms with Gasteiger partial charge in [0.1, 0.15) is 0 Å². The van der Waals surface area contributed by atoms with Gasteiger partial charge in [0, 0.05) is 12.6 Å². The van der Waals surface area contributed by atoms with Gasteiger partial charge in [-0.1, -0.05) is 13.3 Å². The number of hydrogen-bond acceptors (Lipinski definition) is 3. The highest BCUT2D eigenvalue weighted by Gasteiger charge is 2.31. The minimum Gasteiger partial charge on any atom is -0.388 e. The molecule has 15 heavy (non-hydrogen) atoms. The van der Waals surface area contributed by atoms with Crippen LogP contribution in [0.15, 0.2) is 0 Å². The summed E-state index contributed by atoms with van der Waals surface area (Å²) < 4.78 is 0. The van der Waals surface area contributed by atoms with Crippen LogP contribution in [-0.2, 0) is 4.79 Å². The lowest BCUT2D eigenvalue weighted by Gasteiger charge is -2.23. The zero-order valence-electron chi connectivity index (χ0n) is 9.62. The summed E-state index contributed by atoms with van der Waals surface area (Å²) in [6.07, 6.45) is 3.47. The topological polar surface area (TPSA) is 75.3 Å². The van der Waals surface area contributed by atoms with Crippen LogP contribution >= 0.6 is 0 Å². The van der Waals surface area contributed by atoms with E-state index in [2.05, 4.69) is 5.32 Å². The molecule has 0 bridgehead atoms. The third kappa shape index (κ3) is 3.47. The molecule has 3 unspecified atom stereocenters. The minimum atomic E-state index is -0.807. The fraction of sp³-hybridized carbons (Fsp3) is 0.909. The van der Waals surface area contributed by atoms with Crippen molar-refractivity contribution in [3.05, 3.63) is 0 Å². The van der Waals surface area contributed by atoms with Crippen molar-refractivity contribution in [1.29, 1.82) is 0 Å². The van der Waals surface area contributed by atoms with E-state index in [1.165, 1.54) is 0 Å². The molecule has 0 aliphatic heterocycles. The lowest BCUT2D eigenvalue weighted by molar-refractivity contribution is -0.126. The zero-order chi connectivity index (χ0) is 11.5. The Labute approximate surface area is 91.2 Å². The molecule has 1 amide bonds. The van der Waals surface area contributed by atoms with Crippen molar-refractivity contribution in [2.75, 3.05) is 6.54 Å². The SMILES string of the molecule is CCC(C)(O)CNC(=O)C1CCCC1N. The number of aliphatic hydroxyl groups is 1. The summed E-state index contributed by atoms with van der Waals surface area (Å²) in [5, 5.41) is 12.5. The summed E-state index contributed by atoms with van der Waals surface area (Å²) in [5.41, 5.74) is 5.02. The van der Waals surface area contributed by atoms with E-state index in [1.807, 2.05) is 6.92 Å². The van der Waals surface area contributed by atoms with E-state index in [1.54, 1.807) is 6.92 Å². The van der Waals surface area contributed by atoms with Crippen LogP contribution in [-0.4, -0.2) is 29.2 Å². The highest BCUT2D eigenvalue weighted by Crippen LogP contribution is 2.24. The first-order valence-electron chi connectivity index (χ1n) is 5.72. The molecule has 0 aromatic carbocycles. The molecule has 0 radical (unpaired) electrons. The van der Waals surface area contributed by atoms with E-state index in [9.17, 15) is 9.90 Å². The third-order valence-electron chi connectivity index (χ3n) is 3.31. The molecule has 0 spiro atoms. The van der Waals surface area contributed by atoms with Crippen molar-refractivity contribution < 1.29 is 9.90 Å². The Bertz CT molecular complexity index is 229. The molecule has 4 nitrogen and oxygen atoms in total. The lowest BCUT2D eigenvalue weighted by atomic mass is 10.0. The summed E-state index contributed by atoms with van der Waals surface area (Å²) in [6, 6.07) is -0.00317. The summed E-state index contributed by atoms with van der Waals surface area (Å²) in [7, 11) is 0. The van der Waals surface area contributed by atoms with Gasteiger partial charge in [0.25, 0.3) is 0 Å². The largest absolute Gasteiger partial charge is 0.388 e. The van der Waals surface area contributed by atoms with E-state index in [0.29, 0.717) is 13.0 Å². The van der Waals surface area contributed by atoms with E-state index < -0.39 is 5.60 Å². The molecule has 88 valence electrons. The molecule has 1 rings (SSSR count). The monoisotopic (exact) mass is 214 g/mol. The second-order valence-corrected chi connectivity index (χ2v) is 4.77. The van der Waals surface area contributed by atoms with Crippen LogP contribution in [0.2, 0.25) is 0 Å². The van der Waals surface area contributed by atoms with Gasteiger partial charge in [-0.15, -0.1) is 0 Å². The Morgan fingerprint density at radius 1 is 1.60 bits per heavy atom. The maximum atomic E-state index is 11.7. The molecule has 0 aromatic rings. The number of rotatable bonds is 4. The van der Waals surface area contributed by atoms with E-state index >= 15 is 0 Å². The number of carbonyl (C=O) groups excluding carboxylic acids is 1. The Morgan fingerprint density at radius 3 is 2.73 bits per heavy atom. The van der Waals surface area contributed by atoms with E-state index in [0.717, 1.165) is 19.3 Å². The Kier molecular flexibility index (Phi) is 4.11. The second kappa shape index (κ2) is 4.94. The van der Waals surface area contributed by atoms with Gasteiger partial charge >= 0.3 is 0 Å². The standard InChI is InChI=1S/C11H22N2O2/c1-3-11(2,15)7-13-10(14)8-5-4-6-9(8)12/h8-9,15H,3-7,12H2,1-2H3,(H,13,14). The fourth-order valence-corrected chi connectivity index (χ4v) is 1.85. The van der Waals surface area contributed by atoms with Crippen LogP contribution in [0.4, 0.5) is 0 Å². The molecule has 1 aliphatic carbocycles. The quantitative estimate of drug-likeness (QED) is 0.633. The highest BCUT2D eigenvalue weighted by atomic mass is 16.3. The van der Waals surface area contributed by atoms with E-state index in [-0.39, 0.29) is 17.9 Å². The lowest BCUT2D eigenvalue weighted by Crippen LogP contribution is -2.45. The molecular weight excluding hydrogens is 192 g/mol. The summed E-state index contributed by atoms with van der Waals surface area (Å²) in [6.45, 7) is 3.93. The maximum Gasteiger partial charge on any atom is 0.224 e. The maximum absolute atomic E-state index is 11.7. The first kappa shape index (κ1) is 12.5. The minimum absolute atomic E-state index is 0.00317. The van der Waals surface area contributed by atoms with Crippen molar-refractivity contribution in [3.63, 3.8) is 0 Å². The average Bonchev–Trinajstić information content (AvgIpc) is 2.61. The highest BCUT2D eigenvalue weighted by molar-refractivity contribution is 5.79. The van der Waals surface area contributed by atoms with Gasteiger partial charge in [-0.2, -0.15) is 0 Å². The predicted octanol–water partition coefficient (Wildman–Crippen LogP) is 0.391. The van der Waals surface area contributed by atoms with Crippen LogP contribution in [0.3, 0.4) is 0 Å². The molecule has 4 N–H and O–H groups in total. The third-order valence-corrected chi connectivity index (χ3v) is 3.31. The van der Waals surface area contributed by atoms with Gasteiger partial charge in [0.05, 0.1) is 11.5 Å². The Balaban J connectivity index is 2.36. The smallest absolute Gasteiger partial charge is 0.224 e. The van der Waals surface area contributed by atoms with Gasteiger partial charge in [0.2, 0.25) is 5.91 Å². The Morgan fingerprint density at radius 2 is 2.27 bits per heavy atom. The van der Waals surface area contributed by atoms with Crippen molar-refractivity contribution >= 4 is 5.91 Å². The Hall–Kier alpha value is -0.610. The summed E-state index contributed by atoms with van der Waals surface area (Å²) in [5.74, 6) is -0.0635. The molecule has 0 aromatic heterocycles. The van der Waals surface area contributed by atoms with Gasteiger partial charge < -0.3 is 16.2 Å². The van der Waals surface area contributed by atoms with Gasteiger partial charge in [-0.25, -0.2) is 0 Å². The van der Waals surface area contributed by atoms with Crippen molar-refractivity contribution in [2.24, 2.45) is 11.7 Å². The molecular formula is C11H22N2O2. The number of hydrogen-bond donors (Lipinski definition) is 3. The van der Waals surface area contributed by atoms with Gasteiger partial charge in [0.15, 0.2) is 0 Å². The van der Waals surface area contributed by atoms with Crippen LogP contribution in [0, 0.1) is 5.92 Å². The second-order valence-electron chi connectivity index (χ2n) is 4.77. The molecule has 0 saturated heterocycles. The zero-order valence-corrected chi connectivity index (χ0v) is 9.62. The molecule has 1 aliphatic rings. The van der Waals surface area contributed by atoms with Crippen LogP contribution in [0.1, 0.15) is 39.5 Å². The normalized spacial score (nSPS) is 29.9. The van der Waals surface area contributed by atoms with Crippen molar-refractivity contribution in [1.82, 2.24) is 5.32 Å². The number of carbonyl (C=O) groups is 1. The number of amides is 1. The summed E-state index contributed by atoms with van der Waals surface area (Å²) >= 11 is 0. The van der Waals surface area contributed by atoms with Gasteiger partial charge in [-0.3, -0.25) is 4.79 Å². The van der Waals surface area contributed by atoms with Gasteiger partial charge in [-0.05, 0) is 26.2 Å². The molecule has 3 atom stereocenters. The average molecular weight is 214 g/mol. The van der Waals surface area contributed by atoms with Crippen LogP contribution in [0.25, 0.3) is 0 Å².